The van der Waals surface area contributed by atoms with Crippen molar-refractivity contribution in [3.8, 4) is 0 Å². The molecule has 4 N–H and O–H groups in total. The normalized spacial score (nSPS) is 22.1. The van der Waals surface area contributed by atoms with Gasteiger partial charge < -0.3 is 30.9 Å². The van der Waals surface area contributed by atoms with Crippen LogP contribution in [0.2, 0.25) is 0 Å². The lowest BCUT2D eigenvalue weighted by Gasteiger charge is -2.42. The lowest BCUT2D eigenvalue weighted by molar-refractivity contribution is -0.144. The van der Waals surface area contributed by atoms with Crippen LogP contribution in [0.15, 0.2) is 12.7 Å². The van der Waals surface area contributed by atoms with Crippen LogP contribution in [-0.4, -0.2) is 85.4 Å². The molecular weight excluding hydrogens is 574 g/mol. The minimum atomic E-state index is -0.986. The molecule has 1 spiro atoms. The molecule has 3 rings (SSSR count). The highest BCUT2D eigenvalue weighted by molar-refractivity contribution is 6.38. The minimum absolute atomic E-state index is 0.127. The summed E-state index contributed by atoms with van der Waals surface area (Å²) < 4.78 is 5.36. The Kier molecular flexibility index (Phi) is 12.6. The Labute approximate surface area is 269 Å². The van der Waals surface area contributed by atoms with Crippen molar-refractivity contribution in [2.75, 3.05) is 26.8 Å². The van der Waals surface area contributed by atoms with Gasteiger partial charge in [0.1, 0.15) is 12.1 Å². The fraction of sp³-hybridized carbons (Fsp3) is 0.794. The number of urea groups is 1. The summed E-state index contributed by atoms with van der Waals surface area (Å²) in [4.78, 5) is 69.2. The van der Waals surface area contributed by atoms with E-state index in [0.29, 0.717) is 32.4 Å². The van der Waals surface area contributed by atoms with Crippen molar-refractivity contribution in [3.63, 3.8) is 0 Å². The summed E-state index contributed by atoms with van der Waals surface area (Å²) >= 11 is 0. The quantitative estimate of drug-likeness (QED) is 0.161. The number of ketones is 1. The number of carbonyl (C=O) groups excluding carboxylic acids is 5. The van der Waals surface area contributed by atoms with Gasteiger partial charge in [-0.3, -0.25) is 19.2 Å². The van der Waals surface area contributed by atoms with Crippen LogP contribution < -0.4 is 21.3 Å². The maximum Gasteiger partial charge on any atom is 0.315 e. The van der Waals surface area contributed by atoms with Crippen molar-refractivity contribution >= 4 is 29.5 Å². The second kappa shape index (κ2) is 15.6. The zero-order valence-electron chi connectivity index (χ0n) is 28.4. The fourth-order valence-corrected chi connectivity index (χ4v) is 6.77. The van der Waals surface area contributed by atoms with Crippen LogP contribution in [0.3, 0.4) is 0 Å². The molecular formula is C34H57N5O6. The molecule has 1 saturated heterocycles. The minimum Gasteiger partial charge on any atom is -0.383 e. The summed E-state index contributed by atoms with van der Waals surface area (Å²) in [5.74, 6) is -2.16. The number of ether oxygens (including phenoxy) is 1. The van der Waals surface area contributed by atoms with E-state index < -0.39 is 47.2 Å². The van der Waals surface area contributed by atoms with Crippen molar-refractivity contribution < 1.29 is 28.7 Å². The van der Waals surface area contributed by atoms with Crippen LogP contribution in [0.4, 0.5) is 4.79 Å². The van der Waals surface area contributed by atoms with E-state index in [1.165, 1.54) is 6.08 Å². The van der Waals surface area contributed by atoms with Crippen LogP contribution in [0.5, 0.6) is 0 Å². The van der Waals surface area contributed by atoms with Crippen molar-refractivity contribution in [2.24, 2.45) is 16.2 Å². The van der Waals surface area contributed by atoms with Crippen molar-refractivity contribution in [1.29, 1.82) is 0 Å². The highest BCUT2D eigenvalue weighted by Crippen LogP contribution is 2.55. The van der Waals surface area contributed by atoms with Crippen molar-refractivity contribution in [2.45, 2.75) is 129 Å². The molecule has 2 unspecified atom stereocenters. The van der Waals surface area contributed by atoms with Gasteiger partial charge in [-0.15, -0.1) is 6.58 Å². The number of unbranched alkanes of at least 4 members (excludes halogenated alkanes) is 1. The zero-order chi connectivity index (χ0) is 33.4. The van der Waals surface area contributed by atoms with E-state index in [1.54, 1.807) is 12.0 Å². The van der Waals surface area contributed by atoms with Crippen LogP contribution in [-0.2, 0) is 23.9 Å². The number of methoxy groups -OCH3 is 1. The standard InChI is InChI=1S/C34H57N5O6/c1-8-10-14-23(26(40)29(42)35-19-9-2)36-28(41)24-20-34(17-18-34)22-39(24)30(43)27(33(6)15-12-11-13-16-33)38-31(44)37-25(21-45-7)32(3,4)5/h9,23-25,27H,2,8,10-22H2,1,3-7H3,(H,35,42)(H,36,41)(H2,37,38,44)/t23?,24-,25+,27?/m0/s1. The van der Waals surface area contributed by atoms with Crippen molar-refractivity contribution in [1.82, 2.24) is 26.2 Å². The number of amides is 5. The number of Topliss-reactive ketones (excluding diaryl/α,β-unsaturated/α-hetero) is 1. The fourth-order valence-electron chi connectivity index (χ4n) is 6.77. The van der Waals surface area contributed by atoms with Gasteiger partial charge in [0.15, 0.2) is 0 Å². The molecule has 0 aromatic heterocycles. The number of hydrogen-bond donors (Lipinski definition) is 4. The molecule has 1 heterocycles. The summed E-state index contributed by atoms with van der Waals surface area (Å²) in [5, 5.41) is 11.4. The van der Waals surface area contributed by atoms with Crippen LogP contribution >= 0.6 is 0 Å². The number of likely N-dealkylation sites (tertiary alicyclic amines) is 1. The molecule has 5 amide bonds. The maximum atomic E-state index is 14.6. The first-order chi connectivity index (χ1) is 21.2. The zero-order valence-corrected chi connectivity index (χ0v) is 28.4. The molecule has 11 heteroatoms. The van der Waals surface area contributed by atoms with Crippen LogP contribution in [0.25, 0.3) is 0 Å². The predicted molar refractivity (Wildman–Crippen MR) is 173 cm³/mol. The maximum absolute atomic E-state index is 14.6. The van der Waals surface area contributed by atoms with Gasteiger partial charge in [0, 0.05) is 20.2 Å². The Morgan fingerprint density at radius 2 is 1.69 bits per heavy atom. The summed E-state index contributed by atoms with van der Waals surface area (Å²) in [5.41, 5.74) is -0.876. The summed E-state index contributed by atoms with van der Waals surface area (Å²) in [6.45, 7) is 14.6. The van der Waals surface area contributed by atoms with Gasteiger partial charge in [-0.2, -0.15) is 0 Å². The molecule has 254 valence electrons. The van der Waals surface area contributed by atoms with Gasteiger partial charge in [-0.25, -0.2) is 4.79 Å². The first-order valence-electron chi connectivity index (χ1n) is 16.8. The third kappa shape index (κ3) is 9.53. The number of nitrogens with one attached hydrogen (secondary N) is 4. The average molecular weight is 632 g/mol. The Morgan fingerprint density at radius 3 is 2.24 bits per heavy atom. The summed E-state index contributed by atoms with van der Waals surface area (Å²) in [6.07, 6.45) is 10.2. The third-order valence-corrected chi connectivity index (χ3v) is 10.1. The third-order valence-electron chi connectivity index (χ3n) is 10.1. The number of carbonyl (C=O) groups is 5. The predicted octanol–water partition coefficient (Wildman–Crippen LogP) is 3.61. The number of hydrogen-bond acceptors (Lipinski definition) is 6. The van der Waals surface area contributed by atoms with E-state index in [2.05, 4.69) is 34.8 Å². The lowest BCUT2D eigenvalue weighted by atomic mass is 9.70. The molecule has 2 aliphatic carbocycles. The van der Waals surface area contributed by atoms with Gasteiger partial charge >= 0.3 is 6.03 Å². The molecule has 3 fully saturated rings. The van der Waals surface area contributed by atoms with Gasteiger partial charge in [-0.1, -0.05) is 72.8 Å². The smallest absolute Gasteiger partial charge is 0.315 e. The molecule has 11 nitrogen and oxygen atoms in total. The first-order valence-corrected chi connectivity index (χ1v) is 16.8. The molecule has 4 atom stereocenters. The molecule has 2 saturated carbocycles. The first kappa shape index (κ1) is 36.5. The molecule has 0 bridgehead atoms. The Balaban J connectivity index is 1.86. The topological polar surface area (TPSA) is 146 Å². The monoisotopic (exact) mass is 631 g/mol. The van der Waals surface area contributed by atoms with E-state index in [0.717, 1.165) is 51.4 Å². The number of rotatable bonds is 15. The van der Waals surface area contributed by atoms with E-state index >= 15 is 0 Å². The molecule has 0 aromatic rings. The summed E-state index contributed by atoms with van der Waals surface area (Å²) in [7, 11) is 1.59. The van der Waals surface area contributed by atoms with Crippen LogP contribution in [0, 0.1) is 16.2 Å². The second-order valence-corrected chi connectivity index (χ2v) is 14.9. The van der Waals surface area contributed by atoms with Crippen LogP contribution in [0.1, 0.15) is 105 Å². The van der Waals surface area contributed by atoms with Crippen molar-refractivity contribution in [3.05, 3.63) is 12.7 Å². The lowest BCUT2D eigenvalue weighted by Crippen LogP contribution is -2.62. The van der Waals surface area contributed by atoms with Gasteiger partial charge in [-0.05, 0) is 54.8 Å². The van der Waals surface area contributed by atoms with E-state index in [9.17, 15) is 24.0 Å². The molecule has 1 aliphatic heterocycles. The SMILES string of the molecule is C=CCNC(=O)C(=O)C(CCCC)NC(=O)[C@@H]1CC2(CC2)CN1C(=O)C(NC(=O)N[C@H](COC)C(C)(C)C)C1(C)CCCCC1. The Morgan fingerprint density at radius 1 is 1.02 bits per heavy atom. The summed E-state index contributed by atoms with van der Waals surface area (Å²) in [6, 6.07) is -3.32. The van der Waals surface area contributed by atoms with Gasteiger partial charge in [0.05, 0.1) is 18.7 Å². The molecule has 0 aromatic carbocycles. The Hall–Kier alpha value is -2.95. The average Bonchev–Trinajstić information content (AvgIpc) is 3.64. The highest BCUT2D eigenvalue weighted by atomic mass is 16.5. The van der Waals surface area contributed by atoms with E-state index in [1.807, 2.05) is 27.7 Å². The highest BCUT2D eigenvalue weighted by Gasteiger charge is 2.57. The van der Waals surface area contributed by atoms with Gasteiger partial charge in [0.25, 0.3) is 5.91 Å². The molecule has 3 aliphatic rings. The molecule has 45 heavy (non-hydrogen) atoms. The largest absolute Gasteiger partial charge is 0.383 e. The second-order valence-electron chi connectivity index (χ2n) is 14.9. The number of nitrogens with zero attached hydrogens (tertiary/aromatic N) is 1. The Bertz CT molecular complexity index is 1090. The van der Waals surface area contributed by atoms with E-state index in [4.69, 9.17) is 4.74 Å². The molecule has 0 radical (unpaired) electrons. The van der Waals surface area contributed by atoms with E-state index in [-0.39, 0.29) is 29.3 Å². The van der Waals surface area contributed by atoms with Gasteiger partial charge in [0.2, 0.25) is 17.6 Å².